The third-order valence-electron chi connectivity index (χ3n) is 3.87. The predicted octanol–water partition coefficient (Wildman–Crippen LogP) is 2.81. The standard InChI is InChI=1S/C15H14N2O5S2/c18-13(17-15-16-7-3-1-2-4-8(7)23-15)11-9-10(22-6-5-21-9)12(24-11)14(19)20/h1-6H2,(H,19,20)(H,16,17,18). The zero-order valence-corrected chi connectivity index (χ0v) is 14.2. The number of thiophene rings is 1. The van der Waals surface area contributed by atoms with Gasteiger partial charge >= 0.3 is 5.97 Å². The fourth-order valence-electron chi connectivity index (χ4n) is 2.80. The van der Waals surface area contributed by atoms with Crippen LogP contribution in [0.2, 0.25) is 0 Å². The Hall–Kier alpha value is -2.13. The lowest BCUT2D eigenvalue weighted by Gasteiger charge is -2.16. The lowest BCUT2D eigenvalue weighted by atomic mass is 10.0. The highest BCUT2D eigenvalue weighted by molar-refractivity contribution is 7.17. The molecule has 1 aliphatic heterocycles. The van der Waals surface area contributed by atoms with Gasteiger partial charge in [-0.3, -0.25) is 10.1 Å². The first-order valence-electron chi connectivity index (χ1n) is 7.59. The number of aryl methyl sites for hydroxylation is 2. The van der Waals surface area contributed by atoms with Gasteiger partial charge in [-0.25, -0.2) is 9.78 Å². The quantitative estimate of drug-likeness (QED) is 0.867. The largest absolute Gasteiger partial charge is 0.484 e. The molecule has 3 heterocycles. The number of carboxylic acids is 1. The summed E-state index contributed by atoms with van der Waals surface area (Å²) in [4.78, 5) is 29.8. The molecule has 9 heteroatoms. The summed E-state index contributed by atoms with van der Waals surface area (Å²) in [5.74, 6) is -1.20. The number of nitrogens with zero attached hydrogens (tertiary/aromatic N) is 1. The minimum absolute atomic E-state index is 0.0201. The third-order valence-corrected chi connectivity index (χ3v) is 6.08. The van der Waals surface area contributed by atoms with Gasteiger partial charge in [-0.2, -0.15) is 0 Å². The number of anilines is 1. The SMILES string of the molecule is O=C(O)c1sc(C(=O)Nc2nc3c(s2)CCCC3)c2c1OCCO2. The number of carboxylic acid groups (broad SMARTS) is 1. The monoisotopic (exact) mass is 366 g/mol. The van der Waals surface area contributed by atoms with Gasteiger partial charge in [-0.05, 0) is 25.7 Å². The highest BCUT2D eigenvalue weighted by atomic mass is 32.1. The Labute approximate surface area is 145 Å². The van der Waals surface area contributed by atoms with Crippen molar-refractivity contribution in [3.8, 4) is 11.5 Å². The van der Waals surface area contributed by atoms with Crippen LogP contribution in [0.25, 0.3) is 0 Å². The van der Waals surface area contributed by atoms with Crippen LogP contribution in [0.15, 0.2) is 0 Å². The summed E-state index contributed by atoms with van der Waals surface area (Å²) >= 11 is 2.34. The molecular weight excluding hydrogens is 352 g/mol. The van der Waals surface area contributed by atoms with E-state index in [2.05, 4.69) is 10.3 Å². The van der Waals surface area contributed by atoms with Gasteiger partial charge in [0.25, 0.3) is 5.91 Å². The summed E-state index contributed by atoms with van der Waals surface area (Å²) in [6.07, 6.45) is 4.21. The second kappa shape index (κ2) is 6.06. The van der Waals surface area contributed by atoms with Gasteiger partial charge in [0.2, 0.25) is 0 Å². The van der Waals surface area contributed by atoms with Crippen LogP contribution in [0.3, 0.4) is 0 Å². The fraction of sp³-hybridized carbons (Fsp3) is 0.400. The highest BCUT2D eigenvalue weighted by Gasteiger charge is 2.31. The molecule has 7 nitrogen and oxygen atoms in total. The molecule has 4 rings (SSSR count). The zero-order valence-electron chi connectivity index (χ0n) is 12.6. The predicted molar refractivity (Wildman–Crippen MR) is 89.0 cm³/mol. The average Bonchev–Trinajstić information content (AvgIpc) is 3.15. The Morgan fingerprint density at radius 1 is 1.04 bits per heavy atom. The number of hydrogen-bond acceptors (Lipinski definition) is 7. The van der Waals surface area contributed by atoms with Gasteiger partial charge in [0.05, 0.1) is 5.69 Å². The molecule has 0 aromatic carbocycles. The van der Waals surface area contributed by atoms with Crippen molar-refractivity contribution >= 4 is 39.7 Å². The Morgan fingerprint density at radius 2 is 1.75 bits per heavy atom. The van der Waals surface area contributed by atoms with E-state index in [0.717, 1.165) is 42.7 Å². The Balaban J connectivity index is 1.62. The number of ether oxygens (including phenoxy) is 2. The molecule has 0 spiro atoms. The normalized spacial score (nSPS) is 15.7. The first-order valence-corrected chi connectivity index (χ1v) is 9.22. The summed E-state index contributed by atoms with van der Waals surface area (Å²) in [6, 6.07) is 0. The van der Waals surface area contributed by atoms with Crippen molar-refractivity contribution in [3.05, 3.63) is 20.3 Å². The van der Waals surface area contributed by atoms with Crippen LogP contribution in [0, 0.1) is 0 Å². The van der Waals surface area contributed by atoms with Crippen molar-refractivity contribution in [2.24, 2.45) is 0 Å². The van der Waals surface area contributed by atoms with Crippen molar-refractivity contribution in [3.63, 3.8) is 0 Å². The maximum Gasteiger partial charge on any atom is 0.349 e. The molecule has 0 fully saturated rings. The van der Waals surface area contributed by atoms with E-state index in [-0.39, 0.29) is 34.5 Å². The summed E-state index contributed by atoms with van der Waals surface area (Å²) in [5, 5.41) is 12.6. The number of carbonyl (C=O) groups excluding carboxylic acids is 1. The van der Waals surface area contributed by atoms with Crippen LogP contribution in [0.4, 0.5) is 5.13 Å². The number of aromatic carboxylic acids is 1. The first-order chi connectivity index (χ1) is 11.6. The van der Waals surface area contributed by atoms with E-state index >= 15 is 0 Å². The lowest BCUT2D eigenvalue weighted by molar-refractivity contribution is 0.0692. The topological polar surface area (TPSA) is 97.8 Å². The molecular formula is C15H14N2O5S2. The Morgan fingerprint density at radius 3 is 2.46 bits per heavy atom. The molecule has 0 bridgehead atoms. The van der Waals surface area contributed by atoms with Crippen molar-refractivity contribution in [1.82, 2.24) is 4.98 Å². The fourth-order valence-corrected chi connectivity index (χ4v) is 4.77. The molecule has 24 heavy (non-hydrogen) atoms. The molecule has 0 unspecified atom stereocenters. The molecule has 0 atom stereocenters. The number of amides is 1. The summed E-state index contributed by atoms with van der Waals surface area (Å²) in [6.45, 7) is 0.554. The maximum atomic E-state index is 12.6. The van der Waals surface area contributed by atoms with Gasteiger partial charge in [0.15, 0.2) is 21.5 Å². The molecule has 2 aromatic rings. The summed E-state index contributed by atoms with van der Waals surface area (Å²) in [5.41, 5.74) is 1.06. The second-order valence-corrected chi connectivity index (χ2v) is 7.57. The third kappa shape index (κ3) is 2.63. The molecule has 126 valence electrons. The molecule has 0 radical (unpaired) electrons. The van der Waals surface area contributed by atoms with E-state index in [9.17, 15) is 14.7 Å². The van der Waals surface area contributed by atoms with Crippen LogP contribution in [-0.2, 0) is 12.8 Å². The van der Waals surface area contributed by atoms with Crippen molar-refractivity contribution in [2.45, 2.75) is 25.7 Å². The average molecular weight is 366 g/mol. The molecule has 2 aromatic heterocycles. The Kier molecular flexibility index (Phi) is 3.89. The van der Waals surface area contributed by atoms with E-state index in [0.29, 0.717) is 5.13 Å². The van der Waals surface area contributed by atoms with Gasteiger partial charge in [0, 0.05) is 4.88 Å². The summed E-state index contributed by atoms with van der Waals surface area (Å²) in [7, 11) is 0. The number of aromatic nitrogens is 1. The number of rotatable bonds is 3. The van der Waals surface area contributed by atoms with Crippen LogP contribution < -0.4 is 14.8 Å². The first kappa shape index (κ1) is 15.4. The van der Waals surface area contributed by atoms with Crippen LogP contribution in [-0.4, -0.2) is 35.2 Å². The molecule has 1 amide bonds. The molecule has 0 saturated heterocycles. The van der Waals surface area contributed by atoms with Crippen LogP contribution in [0.1, 0.15) is 42.8 Å². The van der Waals surface area contributed by atoms with E-state index in [1.54, 1.807) is 0 Å². The Bertz CT molecular complexity index is 803. The molecule has 1 aliphatic carbocycles. The second-order valence-electron chi connectivity index (χ2n) is 5.47. The number of fused-ring (bicyclic) bond motifs is 2. The number of thiazole rings is 1. The minimum Gasteiger partial charge on any atom is -0.484 e. The zero-order chi connectivity index (χ0) is 16.7. The van der Waals surface area contributed by atoms with E-state index in [1.165, 1.54) is 16.2 Å². The molecule has 0 saturated carbocycles. The number of nitrogens with one attached hydrogen (secondary N) is 1. The molecule has 2 N–H and O–H groups in total. The van der Waals surface area contributed by atoms with Crippen LogP contribution >= 0.6 is 22.7 Å². The van der Waals surface area contributed by atoms with Gasteiger partial charge in [-0.15, -0.1) is 22.7 Å². The van der Waals surface area contributed by atoms with Crippen LogP contribution in [0.5, 0.6) is 11.5 Å². The van der Waals surface area contributed by atoms with Gasteiger partial charge in [-0.1, -0.05) is 0 Å². The van der Waals surface area contributed by atoms with Crippen molar-refractivity contribution < 1.29 is 24.2 Å². The smallest absolute Gasteiger partial charge is 0.349 e. The van der Waals surface area contributed by atoms with Gasteiger partial charge in [0.1, 0.15) is 18.1 Å². The van der Waals surface area contributed by atoms with Crippen molar-refractivity contribution in [2.75, 3.05) is 18.5 Å². The number of carbonyl (C=O) groups is 2. The molecule has 2 aliphatic rings. The van der Waals surface area contributed by atoms with E-state index in [1.807, 2.05) is 0 Å². The number of hydrogen-bond donors (Lipinski definition) is 2. The minimum atomic E-state index is -1.13. The van der Waals surface area contributed by atoms with Crippen molar-refractivity contribution in [1.29, 1.82) is 0 Å². The van der Waals surface area contributed by atoms with Gasteiger partial charge < -0.3 is 14.6 Å². The van der Waals surface area contributed by atoms with E-state index < -0.39 is 11.9 Å². The van der Waals surface area contributed by atoms with E-state index in [4.69, 9.17) is 9.47 Å². The lowest BCUT2D eigenvalue weighted by Crippen LogP contribution is -2.18. The highest BCUT2D eigenvalue weighted by Crippen LogP contribution is 2.44. The summed E-state index contributed by atoms with van der Waals surface area (Å²) < 4.78 is 10.8. The maximum absolute atomic E-state index is 12.6.